The first-order valence-electron chi connectivity index (χ1n) is 7.09. The lowest BCUT2D eigenvalue weighted by atomic mass is 10.0. The Morgan fingerprint density at radius 1 is 1.10 bits per heavy atom. The first-order chi connectivity index (χ1) is 10.0. The van der Waals surface area contributed by atoms with Gasteiger partial charge >= 0.3 is 0 Å². The van der Waals surface area contributed by atoms with Crippen LogP contribution in [0.5, 0.6) is 0 Å². The Hall–Kier alpha value is -2.49. The number of aryl methyl sites for hydroxylation is 3. The Bertz CT molecular complexity index is 722. The average Bonchev–Trinajstić information content (AvgIpc) is 2.43. The Kier molecular flexibility index (Phi) is 3.29. The van der Waals surface area contributed by atoms with Crippen molar-refractivity contribution in [2.75, 3.05) is 16.4 Å². The van der Waals surface area contributed by atoms with Crippen molar-refractivity contribution in [2.45, 2.75) is 26.7 Å². The highest BCUT2D eigenvalue weighted by molar-refractivity contribution is 5.96. The minimum atomic E-state index is 0.0599. The van der Waals surface area contributed by atoms with Gasteiger partial charge in [0, 0.05) is 17.8 Å². The second-order valence-corrected chi connectivity index (χ2v) is 5.59. The number of rotatable bonds is 2. The van der Waals surface area contributed by atoms with E-state index in [1.165, 1.54) is 5.56 Å². The maximum atomic E-state index is 11.5. The molecule has 2 aromatic rings. The molecule has 0 radical (unpaired) electrons. The second kappa shape index (κ2) is 5.13. The van der Waals surface area contributed by atoms with Crippen LogP contribution in [0, 0.1) is 13.8 Å². The van der Waals surface area contributed by atoms with Gasteiger partial charge in [-0.25, -0.2) is 0 Å². The lowest BCUT2D eigenvalue weighted by Gasteiger charge is -2.20. The van der Waals surface area contributed by atoms with E-state index in [1.807, 2.05) is 18.2 Å². The summed E-state index contributed by atoms with van der Waals surface area (Å²) in [7, 11) is 0. The van der Waals surface area contributed by atoms with Crippen LogP contribution >= 0.6 is 0 Å². The molecule has 0 spiro atoms. The van der Waals surface area contributed by atoms with Crippen LogP contribution in [0.25, 0.3) is 0 Å². The van der Waals surface area contributed by atoms with Crippen LogP contribution in [0.4, 0.5) is 22.7 Å². The standard InChI is InChI=1S/C17H19N3O/c1-10-3-5-14(11(2)7-10)19-16-9-15-12(8-13(16)18)4-6-17(21)20-15/h3,5,7-9,19H,4,6,18H2,1-2H3,(H,20,21). The van der Waals surface area contributed by atoms with Crippen LogP contribution in [-0.4, -0.2) is 5.91 Å². The zero-order valence-electron chi connectivity index (χ0n) is 12.3. The smallest absolute Gasteiger partial charge is 0.224 e. The topological polar surface area (TPSA) is 67.1 Å². The Balaban J connectivity index is 1.95. The number of carbonyl (C=O) groups is 1. The third kappa shape index (κ3) is 2.70. The molecule has 4 nitrogen and oxygen atoms in total. The molecular weight excluding hydrogens is 262 g/mol. The molecule has 1 aliphatic rings. The van der Waals surface area contributed by atoms with Gasteiger partial charge in [0.05, 0.1) is 11.4 Å². The fraction of sp³-hybridized carbons (Fsp3) is 0.235. The highest BCUT2D eigenvalue weighted by atomic mass is 16.1. The number of anilines is 4. The summed E-state index contributed by atoms with van der Waals surface area (Å²) >= 11 is 0. The van der Waals surface area contributed by atoms with Crippen molar-refractivity contribution in [1.29, 1.82) is 0 Å². The molecule has 4 heteroatoms. The molecule has 0 saturated heterocycles. The molecule has 1 amide bonds. The molecule has 0 unspecified atom stereocenters. The van der Waals surface area contributed by atoms with Gasteiger partial charge in [-0.2, -0.15) is 0 Å². The van der Waals surface area contributed by atoms with Gasteiger partial charge in [0.15, 0.2) is 0 Å². The van der Waals surface area contributed by atoms with Crippen LogP contribution in [-0.2, 0) is 11.2 Å². The van der Waals surface area contributed by atoms with Crippen molar-refractivity contribution in [3.8, 4) is 0 Å². The summed E-state index contributed by atoms with van der Waals surface area (Å²) in [6, 6.07) is 10.1. The van der Waals surface area contributed by atoms with Gasteiger partial charge < -0.3 is 16.4 Å². The fourth-order valence-corrected chi connectivity index (χ4v) is 2.65. The van der Waals surface area contributed by atoms with Crippen LogP contribution in [0.15, 0.2) is 30.3 Å². The summed E-state index contributed by atoms with van der Waals surface area (Å²) in [6.07, 6.45) is 1.27. The first kappa shape index (κ1) is 13.5. The van der Waals surface area contributed by atoms with Crippen LogP contribution in [0.3, 0.4) is 0 Å². The predicted molar refractivity (Wildman–Crippen MR) is 87.0 cm³/mol. The summed E-state index contributed by atoms with van der Waals surface area (Å²) < 4.78 is 0. The molecule has 2 aromatic carbocycles. The molecule has 1 heterocycles. The lowest BCUT2D eigenvalue weighted by molar-refractivity contribution is -0.116. The van der Waals surface area contributed by atoms with Gasteiger partial charge in [0.1, 0.15) is 0 Å². The van der Waals surface area contributed by atoms with Crippen LogP contribution in [0.2, 0.25) is 0 Å². The minimum absolute atomic E-state index is 0.0599. The lowest BCUT2D eigenvalue weighted by Crippen LogP contribution is -2.19. The maximum absolute atomic E-state index is 11.5. The largest absolute Gasteiger partial charge is 0.397 e. The molecule has 21 heavy (non-hydrogen) atoms. The minimum Gasteiger partial charge on any atom is -0.397 e. The monoisotopic (exact) mass is 281 g/mol. The molecule has 4 N–H and O–H groups in total. The number of nitrogens with two attached hydrogens (primary N) is 1. The van der Waals surface area contributed by atoms with Gasteiger partial charge in [-0.1, -0.05) is 17.7 Å². The first-order valence-corrected chi connectivity index (χ1v) is 7.09. The molecular formula is C17H19N3O. The van der Waals surface area contributed by atoms with E-state index in [4.69, 9.17) is 5.73 Å². The fourth-order valence-electron chi connectivity index (χ4n) is 2.65. The normalized spacial score (nSPS) is 13.5. The molecule has 108 valence electrons. The molecule has 0 bridgehead atoms. The summed E-state index contributed by atoms with van der Waals surface area (Å²) in [4.78, 5) is 11.5. The van der Waals surface area contributed by atoms with E-state index >= 15 is 0 Å². The third-order valence-electron chi connectivity index (χ3n) is 3.82. The number of nitrogen functional groups attached to an aromatic ring is 1. The number of amides is 1. The Morgan fingerprint density at radius 3 is 2.67 bits per heavy atom. The van der Waals surface area contributed by atoms with Gasteiger partial charge in [0.25, 0.3) is 0 Å². The van der Waals surface area contributed by atoms with E-state index in [9.17, 15) is 4.79 Å². The van der Waals surface area contributed by atoms with Gasteiger partial charge in [-0.15, -0.1) is 0 Å². The van der Waals surface area contributed by atoms with E-state index in [-0.39, 0.29) is 5.91 Å². The number of hydrogen-bond acceptors (Lipinski definition) is 3. The summed E-state index contributed by atoms with van der Waals surface area (Å²) in [5.74, 6) is 0.0599. The molecule has 0 atom stereocenters. The summed E-state index contributed by atoms with van der Waals surface area (Å²) in [5, 5.41) is 6.26. The number of fused-ring (bicyclic) bond motifs is 1. The quantitative estimate of drug-likeness (QED) is 0.738. The van der Waals surface area contributed by atoms with Gasteiger partial charge in [-0.05, 0) is 49.6 Å². The highest BCUT2D eigenvalue weighted by Gasteiger charge is 2.16. The van der Waals surface area contributed by atoms with Crippen molar-refractivity contribution in [3.05, 3.63) is 47.0 Å². The summed E-state index contributed by atoms with van der Waals surface area (Å²) in [6.45, 7) is 4.13. The van der Waals surface area contributed by atoms with Crippen LogP contribution < -0.4 is 16.4 Å². The number of nitrogens with one attached hydrogen (secondary N) is 2. The van der Waals surface area contributed by atoms with Crippen molar-refractivity contribution < 1.29 is 4.79 Å². The Labute approximate surface area is 124 Å². The highest BCUT2D eigenvalue weighted by Crippen LogP contribution is 2.33. The van der Waals surface area contributed by atoms with E-state index in [0.29, 0.717) is 12.1 Å². The molecule has 0 aromatic heterocycles. The van der Waals surface area contributed by atoms with E-state index in [0.717, 1.165) is 34.6 Å². The van der Waals surface area contributed by atoms with Crippen molar-refractivity contribution in [3.63, 3.8) is 0 Å². The molecule has 0 aliphatic carbocycles. The van der Waals surface area contributed by atoms with E-state index in [2.05, 4.69) is 36.6 Å². The molecule has 0 saturated carbocycles. The molecule has 1 aliphatic heterocycles. The second-order valence-electron chi connectivity index (χ2n) is 5.59. The Morgan fingerprint density at radius 2 is 1.90 bits per heavy atom. The van der Waals surface area contributed by atoms with E-state index in [1.54, 1.807) is 0 Å². The van der Waals surface area contributed by atoms with Crippen LogP contribution in [0.1, 0.15) is 23.1 Å². The third-order valence-corrected chi connectivity index (χ3v) is 3.82. The zero-order valence-corrected chi connectivity index (χ0v) is 12.3. The van der Waals surface area contributed by atoms with Crippen molar-refractivity contribution in [1.82, 2.24) is 0 Å². The molecule has 0 fully saturated rings. The molecule has 3 rings (SSSR count). The van der Waals surface area contributed by atoms with Crippen molar-refractivity contribution in [2.24, 2.45) is 0 Å². The van der Waals surface area contributed by atoms with Gasteiger partial charge in [0.2, 0.25) is 5.91 Å². The number of hydrogen-bond donors (Lipinski definition) is 3. The number of carbonyl (C=O) groups excluding carboxylic acids is 1. The summed E-state index contributed by atoms with van der Waals surface area (Å²) in [5.41, 5.74) is 13.0. The SMILES string of the molecule is Cc1ccc(Nc2cc3c(cc2N)CCC(=O)N3)c(C)c1. The maximum Gasteiger partial charge on any atom is 0.224 e. The number of benzene rings is 2. The predicted octanol–water partition coefficient (Wildman–Crippen LogP) is 3.51. The van der Waals surface area contributed by atoms with E-state index < -0.39 is 0 Å². The average molecular weight is 281 g/mol. The van der Waals surface area contributed by atoms with Crippen molar-refractivity contribution >= 4 is 28.7 Å². The zero-order chi connectivity index (χ0) is 15.0. The van der Waals surface area contributed by atoms with Gasteiger partial charge in [-0.3, -0.25) is 4.79 Å².